The number of aromatic nitrogens is 2. The van der Waals surface area contributed by atoms with E-state index in [1.165, 1.54) is 23.1 Å². The van der Waals surface area contributed by atoms with Crippen LogP contribution in [0.1, 0.15) is 6.42 Å². The first-order valence-corrected chi connectivity index (χ1v) is 6.57. The number of hydrogen-bond donors (Lipinski definition) is 1. The lowest BCUT2D eigenvalue weighted by molar-refractivity contribution is -0.117. The molecule has 0 spiro atoms. The number of rotatable bonds is 3. The van der Waals surface area contributed by atoms with Crippen molar-refractivity contribution in [2.24, 2.45) is 5.92 Å². The van der Waals surface area contributed by atoms with E-state index in [1.807, 2.05) is 6.26 Å². The van der Waals surface area contributed by atoms with Crippen molar-refractivity contribution in [2.45, 2.75) is 10.8 Å². The minimum absolute atomic E-state index is 0.0258. The summed E-state index contributed by atoms with van der Waals surface area (Å²) in [4.78, 5) is 13.2. The number of hydrogen-bond acceptors (Lipinski definition) is 6. The second kappa shape index (κ2) is 4.46. The van der Waals surface area contributed by atoms with E-state index in [4.69, 9.17) is 5.11 Å². The third-order valence-corrected chi connectivity index (χ3v) is 4.19. The van der Waals surface area contributed by atoms with E-state index >= 15 is 0 Å². The zero-order valence-corrected chi connectivity index (χ0v) is 9.85. The summed E-state index contributed by atoms with van der Waals surface area (Å²) in [7, 11) is 0. The van der Waals surface area contributed by atoms with Crippen molar-refractivity contribution in [3.05, 3.63) is 0 Å². The molecule has 7 heteroatoms. The topological polar surface area (TPSA) is 66.3 Å². The molecule has 1 aromatic heterocycles. The standard InChI is InChI=1S/C8H11N3O2S2/c1-14-8-10-9-7(15-8)11-3-5(4-12)2-6(11)13/h5,12H,2-4H2,1H3. The van der Waals surface area contributed by atoms with E-state index in [2.05, 4.69) is 10.2 Å². The average molecular weight is 245 g/mol. The van der Waals surface area contributed by atoms with Gasteiger partial charge in [0.25, 0.3) is 0 Å². The van der Waals surface area contributed by atoms with E-state index in [9.17, 15) is 4.79 Å². The van der Waals surface area contributed by atoms with Gasteiger partial charge < -0.3 is 5.11 Å². The lowest BCUT2D eigenvalue weighted by atomic mass is 10.1. The first kappa shape index (κ1) is 10.8. The van der Waals surface area contributed by atoms with E-state index in [0.29, 0.717) is 18.1 Å². The monoisotopic (exact) mass is 245 g/mol. The maximum absolute atomic E-state index is 11.6. The van der Waals surface area contributed by atoms with Gasteiger partial charge in [0, 0.05) is 25.5 Å². The summed E-state index contributed by atoms with van der Waals surface area (Å²) in [5, 5.41) is 17.5. The maximum atomic E-state index is 11.6. The first-order valence-electron chi connectivity index (χ1n) is 4.53. The van der Waals surface area contributed by atoms with E-state index in [-0.39, 0.29) is 18.4 Å². The molecule has 1 amide bonds. The molecular formula is C8H11N3O2S2. The van der Waals surface area contributed by atoms with Gasteiger partial charge in [-0.2, -0.15) is 0 Å². The molecule has 0 bridgehead atoms. The minimum Gasteiger partial charge on any atom is -0.396 e. The molecule has 1 unspecified atom stereocenters. The highest BCUT2D eigenvalue weighted by atomic mass is 32.2. The summed E-state index contributed by atoms with van der Waals surface area (Å²) in [6, 6.07) is 0. The van der Waals surface area contributed by atoms with Crippen LogP contribution in [0, 0.1) is 5.92 Å². The van der Waals surface area contributed by atoms with Crippen LogP contribution in [0.25, 0.3) is 0 Å². The Labute approximate surface area is 95.5 Å². The molecule has 0 radical (unpaired) electrons. The minimum atomic E-state index is 0.0258. The van der Waals surface area contributed by atoms with Gasteiger partial charge in [0.2, 0.25) is 11.0 Å². The van der Waals surface area contributed by atoms with Gasteiger partial charge in [-0.15, -0.1) is 10.2 Å². The van der Waals surface area contributed by atoms with Crippen LogP contribution in [0.2, 0.25) is 0 Å². The zero-order chi connectivity index (χ0) is 10.8. The van der Waals surface area contributed by atoms with Gasteiger partial charge in [-0.05, 0) is 6.26 Å². The van der Waals surface area contributed by atoms with Crippen molar-refractivity contribution in [1.82, 2.24) is 10.2 Å². The van der Waals surface area contributed by atoms with Crippen LogP contribution >= 0.6 is 23.1 Å². The Hall–Kier alpha value is -0.660. The molecule has 0 aromatic carbocycles. The summed E-state index contributed by atoms with van der Waals surface area (Å²) in [5.41, 5.74) is 0. The molecule has 2 heterocycles. The van der Waals surface area contributed by atoms with Crippen molar-refractivity contribution in [1.29, 1.82) is 0 Å². The summed E-state index contributed by atoms with van der Waals surface area (Å²) in [6.45, 7) is 0.606. The van der Waals surface area contributed by atoms with Gasteiger partial charge >= 0.3 is 0 Å². The molecule has 15 heavy (non-hydrogen) atoms. The summed E-state index contributed by atoms with van der Waals surface area (Å²) in [6.07, 6.45) is 2.33. The molecule has 1 N–H and O–H groups in total. The molecular weight excluding hydrogens is 234 g/mol. The fourth-order valence-corrected chi connectivity index (χ4v) is 2.77. The molecule has 82 valence electrons. The number of carbonyl (C=O) groups excluding carboxylic acids is 1. The summed E-state index contributed by atoms with van der Waals surface area (Å²) >= 11 is 2.92. The number of aliphatic hydroxyl groups is 1. The predicted molar refractivity (Wildman–Crippen MR) is 59.2 cm³/mol. The van der Waals surface area contributed by atoms with Crippen LogP contribution in [0.15, 0.2) is 4.34 Å². The number of anilines is 1. The molecule has 1 aromatic rings. The molecule has 2 rings (SSSR count). The quantitative estimate of drug-likeness (QED) is 0.624. The van der Waals surface area contributed by atoms with E-state index in [0.717, 1.165) is 4.34 Å². The Morgan fingerprint density at radius 3 is 3.00 bits per heavy atom. The fraction of sp³-hybridized carbons (Fsp3) is 0.625. The van der Waals surface area contributed by atoms with Crippen LogP contribution in [-0.2, 0) is 4.79 Å². The van der Waals surface area contributed by atoms with Gasteiger partial charge in [0.15, 0.2) is 4.34 Å². The first-order chi connectivity index (χ1) is 7.24. The summed E-state index contributed by atoms with van der Waals surface area (Å²) < 4.78 is 0.852. The van der Waals surface area contributed by atoms with Crippen LogP contribution < -0.4 is 4.90 Å². The van der Waals surface area contributed by atoms with Gasteiger partial charge in [0.1, 0.15) is 0 Å². The fourth-order valence-electron chi connectivity index (χ4n) is 1.48. The normalized spacial score (nSPS) is 21.3. The van der Waals surface area contributed by atoms with Crippen molar-refractivity contribution in [3.63, 3.8) is 0 Å². The van der Waals surface area contributed by atoms with Crippen LogP contribution in [0.3, 0.4) is 0 Å². The third-order valence-electron chi connectivity index (χ3n) is 2.26. The number of carbonyl (C=O) groups is 1. The Kier molecular flexibility index (Phi) is 3.22. The summed E-state index contributed by atoms with van der Waals surface area (Å²) in [5.74, 6) is 0.0667. The lowest BCUT2D eigenvalue weighted by Gasteiger charge is -2.10. The van der Waals surface area contributed by atoms with Gasteiger partial charge in [-0.1, -0.05) is 23.1 Å². The largest absolute Gasteiger partial charge is 0.396 e. The second-order valence-corrected chi connectivity index (χ2v) is 5.32. The van der Waals surface area contributed by atoms with E-state index in [1.54, 1.807) is 4.90 Å². The number of nitrogens with zero attached hydrogens (tertiary/aromatic N) is 3. The molecule has 0 saturated carbocycles. The number of thioether (sulfide) groups is 1. The van der Waals surface area contributed by atoms with Crippen molar-refractivity contribution in [2.75, 3.05) is 24.3 Å². The lowest BCUT2D eigenvalue weighted by Crippen LogP contribution is -2.24. The van der Waals surface area contributed by atoms with Crippen molar-refractivity contribution >= 4 is 34.1 Å². The molecule has 1 atom stereocenters. The molecule has 1 aliphatic rings. The Morgan fingerprint density at radius 1 is 1.67 bits per heavy atom. The van der Waals surface area contributed by atoms with Crippen molar-refractivity contribution < 1.29 is 9.90 Å². The van der Waals surface area contributed by atoms with Crippen LogP contribution in [0.4, 0.5) is 5.13 Å². The smallest absolute Gasteiger partial charge is 0.229 e. The van der Waals surface area contributed by atoms with Crippen LogP contribution in [0.5, 0.6) is 0 Å². The Morgan fingerprint density at radius 2 is 2.47 bits per heavy atom. The zero-order valence-electron chi connectivity index (χ0n) is 8.21. The molecule has 1 saturated heterocycles. The van der Waals surface area contributed by atoms with Gasteiger partial charge in [0.05, 0.1) is 0 Å². The van der Waals surface area contributed by atoms with Gasteiger partial charge in [-0.3, -0.25) is 9.69 Å². The highest BCUT2D eigenvalue weighted by Gasteiger charge is 2.32. The SMILES string of the molecule is CSc1nnc(N2CC(CO)CC2=O)s1. The molecule has 1 aliphatic heterocycles. The molecule has 0 aliphatic carbocycles. The van der Waals surface area contributed by atoms with Crippen molar-refractivity contribution in [3.8, 4) is 0 Å². The number of amides is 1. The second-order valence-electron chi connectivity index (χ2n) is 3.31. The third kappa shape index (κ3) is 2.14. The molecule has 5 nitrogen and oxygen atoms in total. The highest BCUT2D eigenvalue weighted by molar-refractivity contribution is 8.00. The highest BCUT2D eigenvalue weighted by Crippen LogP contribution is 2.30. The van der Waals surface area contributed by atoms with Crippen LogP contribution in [-0.4, -0.2) is 40.6 Å². The molecule has 1 fully saturated rings. The predicted octanol–water partition coefficient (Wildman–Crippen LogP) is 0.605. The van der Waals surface area contributed by atoms with Gasteiger partial charge in [-0.25, -0.2) is 0 Å². The number of aliphatic hydroxyl groups excluding tert-OH is 1. The Balaban J connectivity index is 2.14. The average Bonchev–Trinajstić information content (AvgIpc) is 2.83. The maximum Gasteiger partial charge on any atom is 0.229 e. The Bertz CT molecular complexity index is 369. The van der Waals surface area contributed by atoms with E-state index < -0.39 is 0 Å².